The third-order valence-electron chi connectivity index (χ3n) is 1.92. The molecule has 1 aromatic rings. The van der Waals surface area contributed by atoms with Gasteiger partial charge in [0.15, 0.2) is 0 Å². The van der Waals surface area contributed by atoms with Gasteiger partial charge in [0, 0.05) is 23.8 Å². The summed E-state index contributed by atoms with van der Waals surface area (Å²) in [5, 5.41) is 0. The van der Waals surface area contributed by atoms with Crippen LogP contribution in [0.5, 0.6) is 5.75 Å². The number of hydrogen-bond donors (Lipinski definition) is 0. The molecule has 0 bridgehead atoms. The summed E-state index contributed by atoms with van der Waals surface area (Å²) in [6, 6.07) is 7.80. The number of aryl methyl sites for hydroxylation is 1. The zero-order valence-corrected chi connectivity index (χ0v) is 12.4. The summed E-state index contributed by atoms with van der Waals surface area (Å²) in [7, 11) is 1.64. The minimum atomic E-state index is 0. The number of carbonyl (C=O) groups excluding carboxylic acids is 1. The van der Waals surface area contributed by atoms with Gasteiger partial charge in [-0.1, -0.05) is 12.1 Å². The Morgan fingerprint density at radius 2 is 1.45 bits per heavy atom. The molecule has 0 unspecified atom stereocenters. The third kappa shape index (κ3) is 16.4. The van der Waals surface area contributed by atoms with Gasteiger partial charge in [0.1, 0.15) is 11.5 Å². The average molecular weight is 314 g/mol. The van der Waals surface area contributed by atoms with Crippen LogP contribution >= 0.6 is 0 Å². The molecule has 1 aromatic carbocycles. The number of Topliss-reactive ketones (excluding diaryl/α,β-unsaturated/α-hetero) is 1. The van der Waals surface area contributed by atoms with Crippen molar-refractivity contribution in [3.8, 4) is 5.75 Å². The van der Waals surface area contributed by atoms with Crippen LogP contribution in [0.25, 0.3) is 0 Å². The van der Waals surface area contributed by atoms with Crippen molar-refractivity contribution in [1.29, 1.82) is 0 Å². The van der Waals surface area contributed by atoms with Crippen molar-refractivity contribution in [2.45, 2.75) is 19.8 Å². The minimum absolute atomic E-state index is 0. The zero-order valence-electron chi connectivity index (χ0n) is 11.2. The van der Waals surface area contributed by atoms with Crippen LogP contribution in [0.3, 0.4) is 0 Å². The van der Waals surface area contributed by atoms with Crippen molar-refractivity contribution in [3.05, 3.63) is 49.8 Å². The van der Waals surface area contributed by atoms with Crippen LogP contribution < -0.4 is 4.74 Å². The summed E-state index contributed by atoms with van der Waals surface area (Å²) in [4.78, 5) is 10.7. The largest absolute Gasteiger partial charge is 0 e. The number of hydrogen-bond acceptors (Lipinski definition) is 2. The van der Waals surface area contributed by atoms with Gasteiger partial charge >= 0.3 is 33.9 Å². The molecule has 0 atom stereocenters. The summed E-state index contributed by atoms with van der Waals surface area (Å²) < 4.78 is 27.5. The number of carbonyl (C=O) groups is 1. The second-order valence-corrected chi connectivity index (χ2v) is 3.05. The molecule has 0 heterocycles. The molecule has 0 N–H and O–H groups in total. The summed E-state index contributed by atoms with van der Waals surface area (Å²) in [6.07, 6.45) is 1.44. The predicted molar refractivity (Wildman–Crippen MR) is 63.8 cm³/mol. The molecule has 0 radical (unpaired) electrons. The van der Waals surface area contributed by atoms with E-state index in [1.165, 1.54) is 5.56 Å². The Kier molecular flexibility index (Phi) is 30.4. The molecular formula is C14H14CrO5. The van der Waals surface area contributed by atoms with Gasteiger partial charge in [-0.15, -0.1) is 0 Å². The fourth-order valence-corrected chi connectivity index (χ4v) is 1.11. The molecule has 0 aliphatic rings. The Labute approximate surface area is 129 Å². The van der Waals surface area contributed by atoms with Crippen molar-refractivity contribution in [1.82, 2.24) is 0 Å². The first-order chi connectivity index (χ1) is 9.22. The summed E-state index contributed by atoms with van der Waals surface area (Å²) in [5.41, 5.74) is 1.18. The zero-order chi connectivity index (χ0) is 15.7. The van der Waals surface area contributed by atoms with Crippen LogP contribution in [-0.4, -0.2) is 12.9 Å². The molecular weight excluding hydrogens is 300 g/mol. The number of ether oxygens (including phenoxy) is 1. The van der Waals surface area contributed by atoms with Gasteiger partial charge in [-0.05, 0) is 31.0 Å². The van der Waals surface area contributed by atoms with E-state index in [0.29, 0.717) is 6.42 Å². The number of benzene rings is 1. The van der Waals surface area contributed by atoms with Crippen molar-refractivity contribution >= 4 is 5.78 Å². The predicted octanol–water partition coefficient (Wildman–Crippen LogP) is 2.10. The Morgan fingerprint density at radius 3 is 1.75 bits per heavy atom. The van der Waals surface area contributed by atoms with Gasteiger partial charge < -0.3 is 9.53 Å². The molecule has 0 amide bonds. The van der Waals surface area contributed by atoms with Crippen LogP contribution in [0.2, 0.25) is 0 Å². The summed E-state index contributed by atoms with van der Waals surface area (Å²) >= 11 is 0. The van der Waals surface area contributed by atoms with Crippen molar-refractivity contribution in [2.24, 2.45) is 0 Å². The van der Waals surface area contributed by atoms with Crippen LogP contribution in [0, 0.1) is 20.0 Å². The van der Waals surface area contributed by atoms with Crippen molar-refractivity contribution < 1.29 is 40.8 Å². The normalized spacial score (nSPS) is 6.60. The van der Waals surface area contributed by atoms with E-state index >= 15 is 0 Å². The van der Waals surface area contributed by atoms with Gasteiger partial charge in [0.2, 0.25) is 0 Å². The maximum Gasteiger partial charge on any atom is 0 e. The monoisotopic (exact) mass is 314 g/mol. The van der Waals surface area contributed by atoms with Crippen molar-refractivity contribution in [2.75, 3.05) is 7.11 Å². The summed E-state index contributed by atoms with van der Waals surface area (Å²) in [5.74, 6) is 1.09. The summed E-state index contributed by atoms with van der Waals surface area (Å²) in [6.45, 7) is 15.1. The van der Waals surface area contributed by atoms with E-state index in [1.807, 2.05) is 24.3 Å². The Bertz CT molecular complexity index is 378. The average Bonchev–Trinajstić information content (AvgIpc) is 2.51. The van der Waals surface area contributed by atoms with Crippen LogP contribution in [0.4, 0.5) is 0 Å². The topological polar surface area (TPSA) is 86.0 Å². The first-order valence-corrected chi connectivity index (χ1v) is 4.96. The second kappa shape index (κ2) is 22.6. The molecule has 0 aromatic heterocycles. The van der Waals surface area contributed by atoms with Crippen LogP contribution in [-0.2, 0) is 42.5 Å². The van der Waals surface area contributed by atoms with Crippen LogP contribution in [0.1, 0.15) is 18.9 Å². The van der Waals surface area contributed by atoms with Crippen LogP contribution in [0.15, 0.2) is 24.3 Å². The first-order valence-electron chi connectivity index (χ1n) is 4.96. The molecule has 0 spiro atoms. The van der Waals surface area contributed by atoms with Gasteiger partial charge in [-0.3, -0.25) is 0 Å². The standard InChI is InChI=1S/C11H14O2.3CO.Cr/c1-9(12)3-4-10-5-7-11(13-2)8-6-10;3*1-2;/h5-8H,3-4H2,1-2H3;;;;. The van der Waals surface area contributed by atoms with Gasteiger partial charge in [-0.2, -0.15) is 0 Å². The van der Waals surface area contributed by atoms with E-state index in [1.54, 1.807) is 14.0 Å². The molecule has 1 rings (SSSR count). The van der Waals surface area contributed by atoms with E-state index < -0.39 is 0 Å². The molecule has 5 nitrogen and oxygen atoms in total. The Balaban J connectivity index is -0.000000162. The number of rotatable bonds is 4. The maximum atomic E-state index is 10.7. The maximum absolute atomic E-state index is 10.7. The van der Waals surface area contributed by atoms with Gasteiger partial charge in [0.25, 0.3) is 0 Å². The molecule has 0 saturated heterocycles. The number of methoxy groups -OCH3 is 1. The molecule has 20 heavy (non-hydrogen) atoms. The SMILES string of the molecule is COc1ccc(CCC(C)=O)cc1.[C-]#[O+].[C-]#[O+].[C-]#[O+].[Cr]. The Morgan fingerprint density at radius 1 is 1.05 bits per heavy atom. The molecule has 0 saturated carbocycles. The van der Waals surface area contributed by atoms with Gasteiger partial charge in [0.05, 0.1) is 7.11 Å². The van der Waals surface area contributed by atoms with Gasteiger partial charge in [-0.25, -0.2) is 0 Å². The smallest absolute Gasteiger partial charge is 0 e. The Hall–Kier alpha value is -1.56. The van der Waals surface area contributed by atoms with E-state index in [4.69, 9.17) is 18.7 Å². The van der Waals surface area contributed by atoms with E-state index in [9.17, 15) is 4.79 Å². The molecule has 0 aliphatic carbocycles. The van der Waals surface area contributed by atoms with E-state index in [2.05, 4.69) is 20.0 Å². The van der Waals surface area contributed by atoms with Crippen molar-refractivity contribution in [3.63, 3.8) is 0 Å². The van der Waals surface area contributed by atoms with E-state index in [0.717, 1.165) is 12.2 Å². The third-order valence-corrected chi connectivity index (χ3v) is 1.92. The molecule has 106 valence electrons. The second-order valence-electron chi connectivity index (χ2n) is 3.05. The fourth-order valence-electron chi connectivity index (χ4n) is 1.11. The van der Waals surface area contributed by atoms with E-state index in [-0.39, 0.29) is 23.1 Å². The quantitative estimate of drug-likeness (QED) is 0.629. The first kappa shape index (κ1) is 26.9. The minimum Gasteiger partial charge on any atom is 0 e. The molecule has 0 fully saturated rings. The molecule has 0 aliphatic heterocycles. The fraction of sp³-hybridized carbons (Fsp3) is 0.286. The molecule has 6 heteroatoms. The number of ketones is 1.